The summed E-state index contributed by atoms with van der Waals surface area (Å²) in [7, 11) is 0. The van der Waals surface area contributed by atoms with E-state index in [2.05, 4.69) is 79.3 Å². The van der Waals surface area contributed by atoms with E-state index in [0.717, 1.165) is 25.7 Å². The first kappa shape index (κ1) is 26.7. The van der Waals surface area contributed by atoms with Crippen LogP contribution in [0.1, 0.15) is 92.4 Å². The molecular formula is C31H42N2O2. The van der Waals surface area contributed by atoms with Crippen LogP contribution >= 0.6 is 0 Å². The third kappa shape index (κ3) is 9.01. The third-order valence-corrected chi connectivity index (χ3v) is 6.93. The van der Waals surface area contributed by atoms with Gasteiger partial charge in [-0.15, -0.1) is 0 Å². The van der Waals surface area contributed by atoms with Gasteiger partial charge in [-0.05, 0) is 95.1 Å². The number of rotatable bonds is 7. The van der Waals surface area contributed by atoms with Crippen LogP contribution in [0.4, 0.5) is 0 Å². The van der Waals surface area contributed by atoms with Gasteiger partial charge in [0.05, 0.1) is 11.4 Å². The van der Waals surface area contributed by atoms with Crippen LogP contribution in [-0.2, 0) is 9.68 Å². The average molecular weight is 475 g/mol. The Morgan fingerprint density at radius 3 is 1.49 bits per heavy atom. The van der Waals surface area contributed by atoms with E-state index in [0.29, 0.717) is 25.0 Å². The molecule has 0 saturated heterocycles. The van der Waals surface area contributed by atoms with Gasteiger partial charge in [0, 0.05) is 0 Å². The van der Waals surface area contributed by atoms with Crippen LogP contribution in [0.25, 0.3) is 0 Å². The molecule has 2 aromatic rings. The maximum absolute atomic E-state index is 5.15. The lowest BCUT2D eigenvalue weighted by atomic mass is 9.83. The molecule has 0 N–H and O–H groups in total. The number of oxime groups is 2. The standard InChI is InChI=1S/C16H21NO.C15H21NO/c1-3-12-18-17-16-10-8-15(9-11-16)14-6-4-13(2)5-7-14;1-3-17-16-15-10-8-14(9-11-15)13-6-4-12(2)5-7-13/h3-7,15H,1,8-12H2,2H3;4-7,14H,3,8-11H2,1-2H3. The van der Waals surface area contributed by atoms with Crippen molar-refractivity contribution in [2.45, 2.75) is 84.0 Å². The largest absolute Gasteiger partial charge is 0.396 e. The molecule has 2 aliphatic rings. The van der Waals surface area contributed by atoms with Gasteiger partial charge >= 0.3 is 0 Å². The fourth-order valence-corrected chi connectivity index (χ4v) is 4.77. The quantitative estimate of drug-likeness (QED) is 0.230. The summed E-state index contributed by atoms with van der Waals surface area (Å²) in [6, 6.07) is 17.9. The van der Waals surface area contributed by atoms with E-state index in [-0.39, 0.29) is 0 Å². The predicted octanol–water partition coefficient (Wildman–Crippen LogP) is 8.26. The van der Waals surface area contributed by atoms with Crippen LogP contribution in [0.2, 0.25) is 0 Å². The van der Waals surface area contributed by atoms with Crippen molar-refractivity contribution < 1.29 is 9.68 Å². The highest BCUT2D eigenvalue weighted by Crippen LogP contribution is 2.32. The maximum Gasteiger partial charge on any atom is 0.135 e. The summed E-state index contributed by atoms with van der Waals surface area (Å²) in [6.07, 6.45) is 10.8. The van der Waals surface area contributed by atoms with E-state index < -0.39 is 0 Å². The highest BCUT2D eigenvalue weighted by atomic mass is 16.6. The zero-order valence-electron chi connectivity index (χ0n) is 21.8. The minimum absolute atomic E-state index is 0.505. The van der Waals surface area contributed by atoms with Crippen LogP contribution in [-0.4, -0.2) is 24.6 Å². The fraction of sp³-hybridized carbons (Fsp3) is 0.484. The molecule has 0 bridgehead atoms. The first-order chi connectivity index (χ1) is 17.1. The molecule has 0 aliphatic heterocycles. The van der Waals surface area contributed by atoms with E-state index >= 15 is 0 Å². The zero-order valence-corrected chi connectivity index (χ0v) is 21.8. The molecule has 0 atom stereocenters. The number of nitrogens with zero attached hydrogens (tertiary/aromatic N) is 2. The van der Waals surface area contributed by atoms with Gasteiger partial charge in [0.1, 0.15) is 13.2 Å². The van der Waals surface area contributed by atoms with Crippen LogP contribution in [0.15, 0.2) is 71.5 Å². The Bertz CT molecular complexity index is 940. The van der Waals surface area contributed by atoms with E-state index in [4.69, 9.17) is 9.68 Å². The molecule has 0 spiro atoms. The first-order valence-electron chi connectivity index (χ1n) is 13.2. The monoisotopic (exact) mass is 474 g/mol. The first-order valence-corrected chi connectivity index (χ1v) is 13.2. The number of benzene rings is 2. The van der Waals surface area contributed by atoms with E-state index in [9.17, 15) is 0 Å². The van der Waals surface area contributed by atoms with E-state index in [1.165, 1.54) is 59.4 Å². The Morgan fingerprint density at radius 1 is 0.714 bits per heavy atom. The molecule has 0 radical (unpaired) electrons. The van der Waals surface area contributed by atoms with E-state index in [1.807, 2.05) is 6.92 Å². The molecule has 0 unspecified atom stereocenters. The van der Waals surface area contributed by atoms with Crippen molar-refractivity contribution in [3.05, 3.63) is 83.4 Å². The van der Waals surface area contributed by atoms with Crippen molar-refractivity contribution in [3.8, 4) is 0 Å². The summed E-state index contributed by atoms with van der Waals surface area (Å²) >= 11 is 0. The normalized spacial score (nSPS) is 19.7. The lowest BCUT2D eigenvalue weighted by molar-refractivity contribution is 0.156. The summed E-state index contributed by atoms with van der Waals surface area (Å²) in [5.74, 6) is 1.39. The highest BCUT2D eigenvalue weighted by Gasteiger charge is 2.20. The molecule has 4 heteroatoms. The second-order valence-electron chi connectivity index (χ2n) is 9.69. The second-order valence-corrected chi connectivity index (χ2v) is 9.69. The van der Waals surface area contributed by atoms with Crippen molar-refractivity contribution in [1.82, 2.24) is 0 Å². The highest BCUT2D eigenvalue weighted by molar-refractivity contribution is 5.85. The number of hydrogen-bond donors (Lipinski definition) is 0. The van der Waals surface area contributed by atoms with Gasteiger partial charge in [-0.3, -0.25) is 0 Å². The molecule has 35 heavy (non-hydrogen) atoms. The van der Waals surface area contributed by atoms with Crippen molar-refractivity contribution >= 4 is 11.4 Å². The smallest absolute Gasteiger partial charge is 0.135 e. The Balaban J connectivity index is 0.000000196. The van der Waals surface area contributed by atoms with Gasteiger partial charge in [0.15, 0.2) is 0 Å². The minimum Gasteiger partial charge on any atom is -0.396 e. The number of hydrogen-bond acceptors (Lipinski definition) is 4. The second kappa shape index (κ2) is 14.5. The fourth-order valence-electron chi connectivity index (χ4n) is 4.77. The van der Waals surface area contributed by atoms with Gasteiger partial charge < -0.3 is 9.68 Å². The topological polar surface area (TPSA) is 43.2 Å². The maximum atomic E-state index is 5.15. The van der Waals surface area contributed by atoms with Crippen LogP contribution in [0.5, 0.6) is 0 Å². The molecule has 2 fully saturated rings. The van der Waals surface area contributed by atoms with Gasteiger partial charge in [0.25, 0.3) is 0 Å². The summed E-state index contributed by atoms with van der Waals surface area (Å²) in [6.45, 7) is 11.0. The third-order valence-electron chi connectivity index (χ3n) is 6.93. The van der Waals surface area contributed by atoms with Gasteiger partial charge in [0.2, 0.25) is 0 Å². The Morgan fingerprint density at radius 2 is 1.11 bits per heavy atom. The van der Waals surface area contributed by atoms with E-state index in [1.54, 1.807) is 6.08 Å². The molecule has 0 heterocycles. The predicted molar refractivity (Wildman–Crippen MR) is 147 cm³/mol. The molecule has 0 aromatic heterocycles. The van der Waals surface area contributed by atoms with Crippen LogP contribution in [0, 0.1) is 13.8 Å². The summed E-state index contributed by atoms with van der Waals surface area (Å²) < 4.78 is 0. The summed E-state index contributed by atoms with van der Waals surface area (Å²) in [5, 5.41) is 8.32. The molecule has 4 nitrogen and oxygen atoms in total. The molecule has 4 rings (SSSR count). The van der Waals surface area contributed by atoms with Gasteiger partial charge in [-0.1, -0.05) is 82.6 Å². The Labute approximate surface area is 212 Å². The minimum atomic E-state index is 0.505. The summed E-state index contributed by atoms with van der Waals surface area (Å²) in [4.78, 5) is 10.3. The molecule has 0 amide bonds. The van der Waals surface area contributed by atoms with Crippen LogP contribution < -0.4 is 0 Å². The summed E-state index contributed by atoms with van der Waals surface area (Å²) in [5.41, 5.74) is 8.03. The molecule has 188 valence electrons. The lowest BCUT2D eigenvalue weighted by Crippen LogP contribution is -2.13. The Kier molecular flexibility index (Phi) is 11.1. The van der Waals surface area contributed by atoms with Crippen molar-refractivity contribution in [3.63, 3.8) is 0 Å². The SMILES string of the molecule is C=CCON=C1CCC(c2ccc(C)cc2)CC1.CCON=C1CCC(c2ccc(C)cc2)CC1. The van der Waals surface area contributed by atoms with Crippen molar-refractivity contribution in [2.24, 2.45) is 10.3 Å². The Hall–Kier alpha value is -2.88. The molecular weight excluding hydrogens is 432 g/mol. The van der Waals surface area contributed by atoms with Crippen molar-refractivity contribution in [2.75, 3.05) is 13.2 Å². The van der Waals surface area contributed by atoms with Crippen LogP contribution in [0.3, 0.4) is 0 Å². The van der Waals surface area contributed by atoms with Crippen molar-refractivity contribution in [1.29, 1.82) is 0 Å². The molecule has 2 aromatic carbocycles. The molecule has 2 aliphatic carbocycles. The van der Waals surface area contributed by atoms with Gasteiger partial charge in [-0.2, -0.15) is 0 Å². The van der Waals surface area contributed by atoms with Gasteiger partial charge in [-0.25, -0.2) is 0 Å². The average Bonchev–Trinajstić information content (AvgIpc) is 2.90. The zero-order chi connectivity index (χ0) is 24.9. The molecule has 2 saturated carbocycles. The number of aryl methyl sites for hydroxylation is 2. The lowest BCUT2D eigenvalue weighted by Gasteiger charge is -2.23.